The summed E-state index contributed by atoms with van der Waals surface area (Å²) in [5.41, 5.74) is 2.33. The van der Waals surface area contributed by atoms with E-state index >= 15 is 0 Å². The van der Waals surface area contributed by atoms with Gasteiger partial charge in [-0.1, -0.05) is 40.8 Å². The Balaban J connectivity index is 0.000000256. The molecule has 0 fully saturated rings. The van der Waals surface area contributed by atoms with E-state index < -0.39 is 37.7 Å². The van der Waals surface area contributed by atoms with Crippen LogP contribution >= 0.6 is 0 Å². The largest absolute Gasteiger partial charge is 0.387 e. The molecule has 0 aliphatic rings. The van der Waals surface area contributed by atoms with Gasteiger partial charge in [0.2, 0.25) is 10.0 Å². The predicted octanol–water partition coefficient (Wildman–Crippen LogP) is 9.31. The van der Waals surface area contributed by atoms with Gasteiger partial charge in [0.15, 0.2) is 5.75 Å². The van der Waals surface area contributed by atoms with Crippen LogP contribution in [0, 0.1) is 36.3 Å². The zero-order valence-corrected chi connectivity index (χ0v) is 40.7. The summed E-state index contributed by atoms with van der Waals surface area (Å²) in [5.74, 6) is -0.615. The van der Waals surface area contributed by atoms with E-state index in [9.17, 15) is 40.0 Å². The zero-order chi connectivity index (χ0) is 52.2. The number of nitriles is 1. The highest BCUT2D eigenvalue weighted by Crippen LogP contribution is 2.39. The molecule has 0 atom stereocenters. The fourth-order valence-corrected chi connectivity index (χ4v) is 8.01. The number of anilines is 1. The van der Waals surface area contributed by atoms with E-state index in [0.717, 1.165) is 18.3 Å². The number of aromatic nitrogens is 4. The number of halogens is 2. The highest BCUT2D eigenvalue weighted by atomic mass is 32.2. The number of benzene rings is 2. The molecule has 4 N–H and O–H groups in total. The van der Waals surface area contributed by atoms with Crippen LogP contribution in [0.3, 0.4) is 0 Å². The second-order valence-corrected chi connectivity index (χ2v) is 19.6. The number of primary sulfonamides is 1. The van der Waals surface area contributed by atoms with Crippen LogP contribution in [0.1, 0.15) is 90.4 Å². The summed E-state index contributed by atoms with van der Waals surface area (Å²) >= 11 is 0. The zero-order valence-electron chi connectivity index (χ0n) is 39.1. The molecule has 0 radical (unpaired) electrons. The van der Waals surface area contributed by atoms with Gasteiger partial charge >= 0.3 is 6.03 Å². The number of ether oxygens (including phenoxy) is 1. The van der Waals surface area contributed by atoms with Gasteiger partial charge < -0.3 is 28.9 Å². The second kappa shape index (κ2) is 23.3. The van der Waals surface area contributed by atoms with Crippen LogP contribution in [0.2, 0.25) is 0 Å². The Morgan fingerprint density at radius 2 is 1.17 bits per heavy atom. The lowest BCUT2D eigenvalue weighted by molar-refractivity contribution is 0.256. The summed E-state index contributed by atoms with van der Waals surface area (Å²) in [6.07, 6.45) is 6.91. The van der Waals surface area contributed by atoms with Crippen molar-refractivity contribution in [1.82, 2.24) is 23.8 Å². The normalized spacial score (nSPS) is 11.1. The molecule has 18 nitrogen and oxygen atoms in total. The molecule has 364 valence electrons. The molecule has 0 aliphatic carbocycles. The molecule has 2 amide bonds. The fourth-order valence-electron chi connectivity index (χ4n) is 6.58. The van der Waals surface area contributed by atoms with Gasteiger partial charge in [-0.25, -0.2) is 40.3 Å². The number of carbonyl (C=O) groups is 1. The maximum absolute atomic E-state index is 14.5. The molecule has 0 bridgehead atoms. The Morgan fingerprint density at radius 1 is 0.714 bits per heavy atom. The summed E-state index contributed by atoms with van der Waals surface area (Å²) < 4.78 is 85.5. The number of hydrogen-bond donors (Lipinski definition) is 3. The van der Waals surface area contributed by atoms with Crippen molar-refractivity contribution in [2.45, 2.75) is 89.1 Å². The Bertz CT molecular complexity index is 3410. The van der Waals surface area contributed by atoms with Gasteiger partial charge in [-0.15, -0.1) is 15.2 Å². The molecule has 0 aliphatic heterocycles. The molecule has 2 aromatic carbocycles. The van der Waals surface area contributed by atoms with Gasteiger partial charge in [0.05, 0.1) is 10.6 Å². The number of rotatable bonds is 11. The fraction of sp³-hybridized carbons (Fsp3) is 0.250. The molecule has 0 spiro atoms. The summed E-state index contributed by atoms with van der Waals surface area (Å²) in [6.45, 7) is 28.6. The average molecular weight is 995 g/mol. The number of nitrogens with one attached hydrogen (secondary N) is 2. The first-order valence-corrected chi connectivity index (χ1v) is 24.1. The van der Waals surface area contributed by atoms with Crippen LogP contribution in [0.25, 0.3) is 31.9 Å². The molecular weight excluding hydrogens is 947 g/mol. The Hall–Kier alpha value is -8.10. The van der Waals surface area contributed by atoms with E-state index in [0.29, 0.717) is 33.6 Å². The molecule has 0 saturated carbocycles. The number of pyridine rings is 4. The van der Waals surface area contributed by atoms with Crippen LogP contribution in [0.5, 0.6) is 5.75 Å². The molecule has 4 heterocycles. The number of carbonyl (C=O) groups excluding carboxylic acids is 1. The van der Waals surface area contributed by atoms with Gasteiger partial charge in [-0.05, 0) is 117 Å². The number of urea groups is 1. The minimum Gasteiger partial charge on any atom is -0.387 e. The van der Waals surface area contributed by atoms with Crippen molar-refractivity contribution in [3.63, 3.8) is 0 Å². The van der Waals surface area contributed by atoms with E-state index in [1.807, 2.05) is 18.6 Å². The Morgan fingerprint density at radius 3 is 1.63 bits per heavy atom. The standard InChI is InChI=1S/C24H24FN5O4S.C16H12FN3O.C8H12N2O3S/c1-14(2)19-11-17(25)12-20(16-8-9-27-21(10-16)26-5)23(19)28-24(32)29-35(33,34)18-6-7-22(31)30(13-18)15(3)4;1-10(2)13-7-12(17)8-14(16(13)21-9-18)11-4-5-20-15(6-11)19-3;1-6(2)10-5-7(14(9,12)13)3-4-8(10)11/h6-15H,1-4H3,(H2,28,29,32);4-8,10H,1-2H3;3-6H,1-2H3,(H2,9,12,13). The minimum absolute atomic E-state index is 0.00929. The molecule has 6 aromatic rings. The van der Waals surface area contributed by atoms with E-state index in [-0.39, 0.29) is 67.7 Å². The van der Waals surface area contributed by atoms with Crippen molar-refractivity contribution >= 4 is 43.4 Å². The SMILES string of the molecule is CC(C)n1cc(S(N)(=O)=O)ccc1=O.[C-]#[N+]c1cc(-c2cc(F)cc(C(C)C)c2NC(=O)NS(=O)(=O)c2ccc(=O)n(C(C)C)c2)ccn1.[C-]#[N+]c1cc(-c2cc(F)cc(C(C)C)c2OC#N)ccn1. The van der Waals surface area contributed by atoms with Gasteiger partial charge in [-0.3, -0.25) is 9.59 Å². The van der Waals surface area contributed by atoms with Crippen molar-refractivity contribution in [3.8, 4) is 34.3 Å². The molecule has 70 heavy (non-hydrogen) atoms. The topological polar surface area (TPSA) is 247 Å². The molecule has 22 heteroatoms. The number of amides is 2. The summed E-state index contributed by atoms with van der Waals surface area (Å²) in [6, 6.07) is 14.5. The number of nitrogens with two attached hydrogens (primary N) is 1. The van der Waals surface area contributed by atoms with Gasteiger partial charge in [0.1, 0.15) is 28.9 Å². The van der Waals surface area contributed by atoms with Crippen molar-refractivity contribution in [1.29, 1.82) is 5.26 Å². The molecular formula is C48H48F2N10O8S2. The second-order valence-electron chi connectivity index (χ2n) is 16.3. The molecule has 0 saturated heterocycles. The van der Waals surface area contributed by atoms with Crippen molar-refractivity contribution in [2.24, 2.45) is 5.14 Å². The van der Waals surface area contributed by atoms with Crippen molar-refractivity contribution < 1.29 is 35.1 Å². The molecule has 4 aromatic heterocycles. The lowest BCUT2D eigenvalue weighted by atomic mass is 9.94. The quantitative estimate of drug-likeness (QED) is 0.0815. The first kappa shape index (κ1) is 54.5. The van der Waals surface area contributed by atoms with E-state index in [4.69, 9.17) is 28.3 Å². The lowest BCUT2D eigenvalue weighted by Gasteiger charge is -2.19. The van der Waals surface area contributed by atoms with Crippen LogP contribution in [-0.2, 0) is 20.0 Å². The third-order valence-corrected chi connectivity index (χ3v) is 12.2. The van der Waals surface area contributed by atoms with Crippen LogP contribution in [0.4, 0.5) is 30.9 Å². The monoisotopic (exact) mass is 994 g/mol. The van der Waals surface area contributed by atoms with Gasteiger partial charge in [0, 0.05) is 53.3 Å². The van der Waals surface area contributed by atoms with Crippen molar-refractivity contribution in [2.75, 3.05) is 5.32 Å². The third kappa shape index (κ3) is 14.0. The lowest BCUT2D eigenvalue weighted by Crippen LogP contribution is -2.35. The van der Waals surface area contributed by atoms with Crippen LogP contribution < -0.4 is 31.0 Å². The minimum atomic E-state index is -4.33. The molecule has 0 unspecified atom stereocenters. The number of nitrogens with zero attached hydrogens (tertiary/aromatic N) is 7. The smallest absolute Gasteiger partial charge is 0.333 e. The van der Waals surface area contributed by atoms with Gasteiger partial charge in [0.25, 0.3) is 39.0 Å². The highest BCUT2D eigenvalue weighted by molar-refractivity contribution is 7.90. The highest BCUT2D eigenvalue weighted by Gasteiger charge is 2.24. The first-order valence-electron chi connectivity index (χ1n) is 21.0. The Labute approximate surface area is 403 Å². The maximum atomic E-state index is 14.5. The first-order chi connectivity index (χ1) is 32.8. The van der Waals surface area contributed by atoms with E-state index in [2.05, 4.69) is 25.0 Å². The summed E-state index contributed by atoms with van der Waals surface area (Å²) in [5, 5.41) is 16.3. The van der Waals surface area contributed by atoms with Crippen LogP contribution in [0.15, 0.2) is 117 Å². The third-order valence-electron chi connectivity index (χ3n) is 9.99. The van der Waals surface area contributed by atoms with Gasteiger partial charge in [-0.2, -0.15) is 0 Å². The maximum Gasteiger partial charge on any atom is 0.333 e. The van der Waals surface area contributed by atoms with E-state index in [1.54, 1.807) is 59.9 Å². The van der Waals surface area contributed by atoms with Crippen molar-refractivity contribution in [3.05, 3.63) is 164 Å². The predicted molar refractivity (Wildman–Crippen MR) is 259 cm³/mol. The number of hydrogen-bond acceptors (Lipinski definition) is 11. The number of sulfonamides is 2. The van der Waals surface area contributed by atoms with Crippen LogP contribution in [-0.4, -0.2) is 42.0 Å². The molecule has 6 rings (SSSR count). The Kier molecular flexibility index (Phi) is 18.1. The average Bonchev–Trinajstić information content (AvgIpc) is 3.29. The summed E-state index contributed by atoms with van der Waals surface area (Å²) in [7, 11) is -8.06. The summed E-state index contributed by atoms with van der Waals surface area (Å²) in [4.78, 5) is 50.1. The van der Waals surface area contributed by atoms with E-state index in [1.165, 1.54) is 76.3 Å².